The second-order valence-electron chi connectivity index (χ2n) is 5.57. The van der Waals surface area contributed by atoms with Gasteiger partial charge in [0, 0.05) is 24.9 Å². The predicted octanol–water partition coefficient (Wildman–Crippen LogP) is 3.67. The van der Waals surface area contributed by atoms with Crippen LogP contribution in [0.4, 0.5) is 0 Å². The lowest BCUT2D eigenvalue weighted by atomic mass is 9.93. The van der Waals surface area contributed by atoms with Gasteiger partial charge in [-0.3, -0.25) is 0 Å². The molecule has 2 aromatic rings. The molecule has 3 rings (SSSR count). The Kier molecular flexibility index (Phi) is 3.69. The molecule has 1 aliphatic carbocycles. The molecule has 19 heavy (non-hydrogen) atoms. The van der Waals surface area contributed by atoms with Crippen LogP contribution in [0, 0.1) is 6.92 Å². The minimum atomic E-state index is 0.493. The van der Waals surface area contributed by atoms with E-state index >= 15 is 0 Å². The van der Waals surface area contributed by atoms with Crippen LogP contribution >= 0.6 is 0 Å². The van der Waals surface area contributed by atoms with E-state index in [1.54, 1.807) is 6.26 Å². The maximum Gasteiger partial charge on any atom is 0.104 e. The minimum Gasteiger partial charge on any atom is -0.469 e. The van der Waals surface area contributed by atoms with Gasteiger partial charge >= 0.3 is 0 Å². The van der Waals surface area contributed by atoms with E-state index in [1.165, 1.54) is 24.0 Å². The fourth-order valence-corrected chi connectivity index (χ4v) is 2.41. The first kappa shape index (κ1) is 12.5. The van der Waals surface area contributed by atoms with Crippen LogP contribution in [0.5, 0.6) is 0 Å². The molecule has 0 bridgehead atoms. The quantitative estimate of drug-likeness (QED) is 0.852. The number of nitrogens with one attached hydrogen (secondary N) is 1. The molecule has 1 heterocycles. The smallest absolute Gasteiger partial charge is 0.104 e. The van der Waals surface area contributed by atoms with Gasteiger partial charge in [0.05, 0.1) is 6.26 Å². The number of furan rings is 1. The minimum absolute atomic E-state index is 0.493. The number of rotatable bonds is 6. The van der Waals surface area contributed by atoms with Crippen LogP contribution in [0.25, 0.3) is 0 Å². The highest BCUT2D eigenvalue weighted by molar-refractivity contribution is 5.26. The van der Waals surface area contributed by atoms with Gasteiger partial charge < -0.3 is 9.73 Å². The van der Waals surface area contributed by atoms with E-state index in [-0.39, 0.29) is 0 Å². The van der Waals surface area contributed by atoms with E-state index in [4.69, 9.17) is 4.42 Å². The highest BCUT2D eigenvalue weighted by Crippen LogP contribution is 2.24. The van der Waals surface area contributed by atoms with Gasteiger partial charge in [0.15, 0.2) is 0 Å². The summed E-state index contributed by atoms with van der Waals surface area (Å²) < 4.78 is 5.50. The number of aryl methyl sites for hydroxylation is 1. The summed E-state index contributed by atoms with van der Waals surface area (Å²) in [6, 6.07) is 13.7. The lowest BCUT2D eigenvalue weighted by Crippen LogP contribution is -2.24. The second kappa shape index (κ2) is 5.62. The Morgan fingerprint density at radius 1 is 1.21 bits per heavy atom. The van der Waals surface area contributed by atoms with E-state index in [1.807, 2.05) is 6.07 Å². The number of benzene rings is 1. The van der Waals surface area contributed by atoms with Gasteiger partial charge in [-0.15, -0.1) is 0 Å². The largest absolute Gasteiger partial charge is 0.469 e. The van der Waals surface area contributed by atoms with Crippen LogP contribution in [0.2, 0.25) is 0 Å². The maximum atomic E-state index is 5.50. The second-order valence-corrected chi connectivity index (χ2v) is 5.57. The Morgan fingerprint density at radius 2 is 2.00 bits per heavy atom. The van der Waals surface area contributed by atoms with Crippen molar-refractivity contribution >= 4 is 0 Å². The molecular weight excluding hydrogens is 234 g/mol. The zero-order chi connectivity index (χ0) is 13.1. The average molecular weight is 255 g/mol. The summed E-state index contributed by atoms with van der Waals surface area (Å²) in [6.07, 6.45) is 5.40. The van der Waals surface area contributed by atoms with E-state index < -0.39 is 0 Å². The van der Waals surface area contributed by atoms with Crippen molar-refractivity contribution in [1.29, 1.82) is 0 Å². The Morgan fingerprint density at radius 3 is 2.63 bits per heavy atom. The van der Waals surface area contributed by atoms with Crippen molar-refractivity contribution in [1.82, 2.24) is 5.32 Å². The number of hydrogen-bond donors (Lipinski definition) is 1. The van der Waals surface area contributed by atoms with Gasteiger partial charge in [-0.1, -0.05) is 29.8 Å². The van der Waals surface area contributed by atoms with Gasteiger partial charge in [0.1, 0.15) is 5.76 Å². The normalized spacial score (nSPS) is 16.5. The molecule has 100 valence electrons. The molecule has 1 aromatic heterocycles. The first-order chi connectivity index (χ1) is 9.31. The van der Waals surface area contributed by atoms with Gasteiger partial charge in [-0.05, 0) is 37.5 Å². The predicted molar refractivity (Wildman–Crippen MR) is 77.4 cm³/mol. The first-order valence-electron chi connectivity index (χ1n) is 7.13. The molecule has 1 saturated carbocycles. The summed E-state index contributed by atoms with van der Waals surface area (Å²) >= 11 is 0. The summed E-state index contributed by atoms with van der Waals surface area (Å²) in [4.78, 5) is 0. The molecule has 0 aliphatic heterocycles. The zero-order valence-corrected chi connectivity index (χ0v) is 11.4. The molecule has 1 fully saturated rings. The summed E-state index contributed by atoms with van der Waals surface area (Å²) in [5.41, 5.74) is 2.71. The Labute approximate surface area is 114 Å². The van der Waals surface area contributed by atoms with E-state index in [0.29, 0.717) is 5.92 Å². The first-order valence-corrected chi connectivity index (χ1v) is 7.13. The zero-order valence-electron chi connectivity index (χ0n) is 11.4. The van der Waals surface area contributed by atoms with Crippen LogP contribution in [-0.4, -0.2) is 12.6 Å². The molecule has 1 atom stereocenters. The monoisotopic (exact) mass is 255 g/mol. The van der Waals surface area contributed by atoms with Crippen molar-refractivity contribution in [2.75, 3.05) is 6.54 Å². The molecule has 1 unspecified atom stereocenters. The fraction of sp³-hybridized carbons (Fsp3) is 0.412. The van der Waals surface area contributed by atoms with Crippen molar-refractivity contribution in [2.24, 2.45) is 0 Å². The molecular formula is C17H21NO. The van der Waals surface area contributed by atoms with Crippen molar-refractivity contribution < 1.29 is 4.42 Å². The number of hydrogen-bond acceptors (Lipinski definition) is 2. The Balaban J connectivity index is 1.71. The van der Waals surface area contributed by atoms with Gasteiger partial charge in [-0.2, -0.15) is 0 Å². The van der Waals surface area contributed by atoms with E-state index in [2.05, 4.69) is 42.6 Å². The molecule has 0 amide bonds. The molecule has 0 radical (unpaired) electrons. The highest BCUT2D eigenvalue weighted by atomic mass is 16.3. The van der Waals surface area contributed by atoms with Crippen LogP contribution in [0.15, 0.2) is 47.1 Å². The summed E-state index contributed by atoms with van der Waals surface area (Å²) in [5.74, 6) is 1.57. The van der Waals surface area contributed by atoms with Crippen molar-refractivity contribution in [3.63, 3.8) is 0 Å². The molecule has 0 saturated heterocycles. The molecule has 0 spiro atoms. The third-order valence-electron chi connectivity index (χ3n) is 3.81. The van der Waals surface area contributed by atoms with Crippen molar-refractivity contribution in [3.8, 4) is 0 Å². The van der Waals surface area contributed by atoms with E-state index in [0.717, 1.165) is 24.8 Å². The maximum absolute atomic E-state index is 5.50. The third-order valence-corrected chi connectivity index (χ3v) is 3.81. The molecule has 1 N–H and O–H groups in total. The summed E-state index contributed by atoms with van der Waals surface area (Å²) in [6.45, 7) is 3.17. The molecule has 1 aromatic carbocycles. The summed E-state index contributed by atoms with van der Waals surface area (Å²) in [7, 11) is 0. The van der Waals surface area contributed by atoms with Crippen molar-refractivity contribution in [2.45, 2.75) is 38.1 Å². The summed E-state index contributed by atoms with van der Waals surface area (Å²) in [5, 5.41) is 3.64. The third kappa shape index (κ3) is 3.48. The Hall–Kier alpha value is -1.54. The van der Waals surface area contributed by atoms with Crippen LogP contribution in [0.1, 0.15) is 35.6 Å². The standard InChI is InChI=1S/C17H21NO/c1-13-4-6-14(7-5-13)15(12-18-16-8-9-16)11-17-3-2-10-19-17/h2-7,10,15-16,18H,8-9,11-12H2,1H3. The Bertz CT molecular complexity index is 497. The molecule has 2 nitrogen and oxygen atoms in total. The van der Waals surface area contributed by atoms with Gasteiger partial charge in [0.25, 0.3) is 0 Å². The van der Waals surface area contributed by atoms with Crippen LogP contribution in [0.3, 0.4) is 0 Å². The SMILES string of the molecule is Cc1ccc(C(CNC2CC2)Cc2ccco2)cc1. The van der Waals surface area contributed by atoms with Crippen LogP contribution < -0.4 is 5.32 Å². The van der Waals surface area contributed by atoms with E-state index in [9.17, 15) is 0 Å². The lowest BCUT2D eigenvalue weighted by molar-refractivity contribution is 0.472. The highest BCUT2D eigenvalue weighted by Gasteiger charge is 2.23. The molecule has 1 aliphatic rings. The topological polar surface area (TPSA) is 25.2 Å². The fourth-order valence-electron chi connectivity index (χ4n) is 2.41. The van der Waals surface area contributed by atoms with Crippen LogP contribution in [-0.2, 0) is 6.42 Å². The molecule has 2 heteroatoms. The average Bonchev–Trinajstić information content (AvgIpc) is 3.11. The van der Waals surface area contributed by atoms with Crippen molar-refractivity contribution in [3.05, 3.63) is 59.5 Å². The van der Waals surface area contributed by atoms with Gasteiger partial charge in [-0.25, -0.2) is 0 Å². The van der Waals surface area contributed by atoms with Gasteiger partial charge in [0.2, 0.25) is 0 Å². The lowest BCUT2D eigenvalue weighted by Gasteiger charge is -2.17.